The number of carboxylic acids is 1. The molecule has 0 rings (SSSR count). The van der Waals surface area contributed by atoms with Gasteiger partial charge in [-0.25, -0.2) is 4.57 Å². The van der Waals surface area contributed by atoms with Gasteiger partial charge in [-0.05, 0) is 51.4 Å². The number of ether oxygens (including phenoxy) is 2. The van der Waals surface area contributed by atoms with Gasteiger partial charge < -0.3 is 25.2 Å². The van der Waals surface area contributed by atoms with E-state index in [4.69, 9.17) is 24.8 Å². The molecule has 0 aliphatic heterocycles. The third kappa shape index (κ3) is 39.5. The summed E-state index contributed by atoms with van der Waals surface area (Å²) >= 11 is 0. The maximum Gasteiger partial charge on any atom is 0.472 e. The van der Waals surface area contributed by atoms with Crippen LogP contribution in [0.3, 0.4) is 0 Å². The highest BCUT2D eigenvalue weighted by Gasteiger charge is 2.28. The fraction of sp³-hybridized carbons (Fsp3) is 0.667. The number of hydrogen-bond donors (Lipinski definition) is 3. The van der Waals surface area contributed by atoms with E-state index in [1.165, 1.54) is 83.5 Å². The third-order valence-electron chi connectivity index (χ3n) is 8.82. The Morgan fingerprint density at radius 3 is 1.56 bits per heavy atom. The zero-order valence-electron chi connectivity index (χ0n) is 35.2. The number of carboxylic acid groups (broad SMARTS) is 1. The molecule has 0 saturated carbocycles. The molecule has 0 heterocycles. The molecule has 0 bridgehead atoms. The van der Waals surface area contributed by atoms with Crippen LogP contribution in [0, 0.1) is 0 Å². The molecule has 0 aliphatic rings. The number of esters is 2. The first-order chi connectivity index (χ1) is 27.6. The van der Waals surface area contributed by atoms with Crippen molar-refractivity contribution in [1.82, 2.24) is 0 Å². The summed E-state index contributed by atoms with van der Waals surface area (Å²) in [6.45, 7) is 2.57. The van der Waals surface area contributed by atoms with Gasteiger partial charge in [0.05, 0.1) is 13.2 Å². The second-order valence-corrected chi connectivity index (χ2v) is 15.7. The molecule has 0 aromatic carbocycles. The predicted molar refractivity (Wildman–Crippen MR) is 231 cm³/mol. The Bertz CT molecular complexity index is 1240. The summed E-state index contributed by atoms with van der Waals surface area (Å²) in [6, 6.07) is -1.54. The first-order valence-electron chi connectivity index (χ1n) is 21.5. The zero-order valence-corrected chi connectivity index (χ0v) is 36.0. The van der Waals surface area contributed by atoms with Crippen molar-refractivity contribution < 1.29 is 47.5 Å². The molecule has 0 aromatic heterocycles. The van der Waals surface area contributed by atoms with E-state index < -0.39 is 51.1 Å². The van der Waals surface area contributed by atoms with Crippen LogP contribution >= 0.6 is 7.82 Å². The summed E-state index contributed by atoms with van der Waals surface area (Å²) in [6.07, 6.45) is 47.1. The average Bonchev–Trinajstić information content (AvgIpc) is 3.19. The van der Waals surface area contributed by atoms with Gasteiger partial charge >= 0.3 is 25.7 Å². The van der Waals surface area contributed by atoms with Crippen LogP contribution in [0.4, 0.5) is 0 Å². The van der Waals surface area contributed by atoms with Crippen molar-refractivity contribution in [2.45, 2.75) is 174 Å². The number of phosphoric acid groups is 1. The van der Waals surface area contributed by atoms with E-state index in [1.807, 2.05) is 54.7 Å². The Balaban J connectivity index is 4.41. The number of phosphoric ester groups is 1. The minimum absolute atomic E-state index is 0.0608. The molecule has 0 aromatic rings. The van der Waals surface area contributed by atoms with Gasteiger partial charge in [0.25, 0.3) is 0 Å². The molecular formula is C45H76NO10P. The molecule has 12 heteroatoms. The first kappa shape index (κ1) is 53.9. The van der Waals surface area contributed by atoms with Gasteiger partial charge in [-0.2, -0.15) is 0 Å². The molecule has 0 aliphatic carbocycles. The van der Waals surface area contributed by atoms with Crippen LogP contribution in [-0.4, -0.2) is 59.9 Å². The van der Waals surface area contributed by atoms with Gasteiger partial charge in [0, 0.05) is 12.8 Å². The second-order valence-electron chi connectivity index (χ2n) is 14.2. The Morgan fingerprint density at radius 2 is 1.02 bits per heavy atom. The molecule has 0 amide bonds. The van der Waals surface area contributed by atoms with Crippen molar-refractivity contribution >= 4 is 25.7 Å². The minimum atomic E-state index is -4.74. The Labute approximate surface area is 344 Å². The van der Waals surface area contributed by atoms with E-state index in [2.05, 4.69) is 36.6 Å². The molecule has 2 unspecified atom stereocenters. The quantitative estimate of drug-likeness (QED) is 0.0177. The minimum Gasteiger partial charge on any atom is -0.480 e. The van der Waals surface area contributed by atoms with Gasteiger partial charge in [-0.3, -0.25) is 23.4 Å². The largest absolute Gasteiger partial charge is 0.480 e. The Hall–Kier alpha value is -3.08. The molecular weight excluding hydrogens is 745 g/mol. The van der Waals surface area contributed by atoms with Gasteiger partial charge in [-0.15, -0.1) is 0 Å². The number of carbonyl (C=O) groups is 3. The lowest BCUT2D eigenvalue weighted by Gasteiger charge is -2.20. The van der Waals surface area contributed by atoms with Crippen LogP contribution < -0.4 is 5.73 Å². The van der Waals surface area contributed by atoms with Crippen LogP contribution in [0.25, 0.3) is 0 Å². The SMILES string of the molecule is CC/C=C/C=C/C=C/C=C/C=C/CCCC(=O)OC(COC(=O)CCCCCCCCC/C=C/CCCCCCCCCCC)COP(=O)(O)OC[C@@H](N)C(=O)O. The molecule has 11 nitrogen and oxygen atoms in total. The monoisotopic (exact) mass is 822 g/mol. The highest BCUT2D eigenvalue weighted by atomic mass is 31.2. The smallest absolute Gasteiger partial charge is 0.472 e. The summed E-state index contributed by atoms with van der Waals surface area (Å²) in [5.74, 6) is -2.49. The third-order valence-corrected chi connectivity index (χ3v) is 9.77. The molecule has 0 saturated heterocycles. The molecule has 0 radical (unpaired) electrons. The molecule has 326 valence electrons. The summed E-state index contributed by atoms with van der Waals surface area (Å²) in [4.78, 5) is 45.9. The second kappa shape index (κ2) is 39.7. The topological polar surface area (TPSA) is 172 Å². The predicted octanol–water partition coefficient (Wildman–Crippen LogP) is 11.3. The number of hydrogen-bond acceptors (Lipinski definition) is 9. The number of allylic oxidation sites excluding steroid dienone is 12. The van der Waals surface area contributed by atoms with Crippen molar-refractivity contribution in [2.24, 2.45) is 5.73 Å². The van der Waals surface area contributed by atoms with Crippen molar-refractivity contribution in [3.05, 3.63) is 72.9 Å². The maximum absolute atomic E-state index is 12.6. The fourth-order valence-corrected chi connectivity index (χ4v) is 6.22. The standard InChI is InChI=1S/C45H76NO10P/c1-3-5-7-9-11-13-15-17-18-19-20-21-22-23-25-26-28-30-32-34-36-43(47)53-38-41(39-54-57(51,52)55-40-42(46)45(49)50)56-44(48)37-35-33-31-29-27-24-16-14-12-10-8-6-4-2/h6,8,10,12,14,16,20-21,24,27,29,31,41-42H,3-5,7,9,11,13,15,17-19,22-23,25-26,28,30,32-40,46H2,1-2H3,(H,49,50)(H,51,52)/b8-6+,12-10+,16-14+,21-20+,27-24+,31-29+/t41?,42-/m1/s1. The van der Waals surface area contributed by atoms with Crippen molar-refractivity contribution in [3.63, 3.8) is 0 Å². The maximum atomic E-state index is 12.6. The van der Waals surface area contributed by atoms with Crippen LogP contribution in [-0.2, 0) is 37.5 Å². The highest BCUT2D eigenvalue weighted by Crippen LogP contribution is 2.43. The van der Waals surface area contributed by atoms with Crippen LogP contribution in [0.1, 0.15) is 162 Å². The van der Waals surface area contributed by atoms with E-state index in [1.54, 1.807) is 0 Å². The number of carbonyl (C=O) groups excluding carboxylic acids is 2. The molecule has 3 atom stereocenters. The van der Waals surface area contributed by atoms with Crippen molar-refractivity contribution in [2.75, 3.05) is 19.8 Å². The van der Waals surface area contributed by atoms with E-state index in [9.17, 15) is 23.8 Å². The van der Waals surface area contributed by atoms with E-state index in [-0.39, 0.29) is 19.4 Å². The number of rotatable bonds is 39. The lowest BCUT2D eigenvalue weighted by Crippen LogP contribution is -2.34. The summed E-state index contributed by atoms with van der Waals surface area (Å²) in [5, 5.41) is 8.88. The molecule has 4 N–H and O–H groups in total. The van der Waals surface area contributed by atoms with Crippen LogP contribution in [0.5, 0.6) is 0 Å². The van der Waals surface area contributed by atoms with Gasteiger partial charge in [0.15, 0.2) is 6.10 Å². The summed E-state index contributed by atoms with van der Waals surface area (Å²) < 4.78 is 32.6. The van der Waals surface area contributed by atoms with Crippen molar-refractivity contribution in [3.8, 4) is 0 Å². The van der Waals surface area contributed by atoms with E-state index in [0.29, 0.717) is 19.3 Å². The molecule has 0 spiro atoms. The Morgan fingerprint density at radius 1 is 0.561 bits per heavy atom. The lowest BCUT2D eigenvalue weighted by atomic mass is 10.1. The summed E-state index contributed by atoms with van der Waals surface area (Å²) in [7, 11) is -4.74. The summed E-state index contributed by atoms with van der Waals surface area (Å²) in [5.41, 5.74) is 5.32. The zero-order chi connectivity index (χ0) is 42.1. The van der Waals surface area contributed by atoms with Crippen LogP contribution in [0.2, 0.25) is 0 Å². The number of nitrogens with two attached hydrogens (primary N) is 1. The van der Waals surface area contributed by atoms with E-state index >= 15 is 0 Å². The highest BCUT2D eigenvalue weighted by molar-refractivity contribution is 7.47. The molecule has 57 heavy (non-hydrogen) atoms. The molecule has 0 fully saturated rings. The average molecular weight is 822 g/mol. The van der Waals surface area contributed by atoms with Crippen LogP contribution in [0.15, 0.2) is 72.9 Å². The number of aliphatic carboxylic acids is 1. The number of unbranched alkanes of at least 4 members (excludes halogenated alkanes) is 17. The Kier molecular flexibility index (Phi) is 37.6. The van der Waals surface area contributed by atoms with Gasteiger partial charge in [0.2, 0.25) is 0 Å². The lowest BCUT2D eigenvalue weighted by molar-refractivity contribution is -0.161. The van der Waals surface area contributed by atoms with E-state index in [0.717, 1.165) is 32.1 Å². The van der Waals surface area contributed by atoms with Gasteiger partial charge in [0.1, 0.15) is 12.6 Å². The van der Waals surface area contributed by atoms with Crippen molar-refractivity contribution in [1.29, 1.82) is 0 Å². The fourth-order valence-electron chi connectivity index (χ4n) is 5.44. The normalized spacial score (nSPS) is 14.5. The first-order valence-corrected chi connectivity index (χ1v) is 23.0. The van der Waals surface area contributed by atoms with Gasteiger partial charge in [-0.1, -0.05) is 170 Å².